The molecule has 0 saturated carbocycles. The Bertz CT molecular complexity index is 1210. The van der Waals surface area contributed by atoms with Crippen LogP contribution in [0.5, 0.6) is 0 Å². The summed E-state index contributed by atoms with van der Waals surface area (Å²) in [6, 6.07) is 10.00. The lowest BCUT2D eigenvalue weighted by atomic mass is 10.0. The van der Waals surface area contributed by atoms with Gasteiger partial charge in [0.15, 0.2) is 0 Å². The van der Waals surface area contributed by atoms with Crippen molar-refractivity contribution < 1.29 is 4.79 Å². The smallest absolute Gasteiger partial charge is 0.274 e. The molecule has 5 rings (SSSR count). The molecule has 1 amide bonds. The van der Waals surface area contributed by atoms with Crippen LogP contribution in [0.15, 0.2) is 36.5 Å². The zero-order chi connectivity index (χ0) is 21.4. The van der Waals surface area contributed by atoms with Crippen molar-refractivity contribution in [2.24, 2.45) is 0 Å². The van der Waals surface area contributed by atoms with E-state index >= 15 is 0 Å². The molecule has 31 heavy (non-hydrogen) atoms. The van der Waals surface area contributed by atoms with Crippen LogP contribution >= 0.6 is 22.7 Å². The summed E-state index contributed by atoms with van der Waals surface area (Å²) in [4.78, 5) is 21.9. The zero-order valence-corrected chi connectivity index (χ0v) is 19.4. The second-order valence-electron chi connectivity index (χ2n) is 7.71. The first-order chi connectivity index (χ1) is 15.2. The summed E-state index contributed by atoms with van der Waals surface area (Å²) in [5.41, 5.74) is 4.04. The van der Waals surface area contributed by atoms with E-state index in [0.29, 0.717) is 12.2 Å². The highest BCUT2D eigenvalue weighted by atomic mass is 32.1. The molecule has 0 spiro atoms. The highest BCUT2D eigenvalue weighted by molar-refractivity contribution is 7.22. The van der Waals surface area contributed by atoms with Crippen molar-refractivity contribution in [3.8, 4) is 10.6 Å². The van der Waals surface area contributed by atoms with Gasteiger partial charge in [-0.2, -0.15) is 5.10 Å². The highest BCUT2D eigenvalue weighted by Gasteiger charge is 2.28. The first-order valence-corrected chi connectivity index (χ1v) is 12.4. The molecule has 0 unspecified atom stereocenters. The molecule has 1 aliphatic rings. The third kappa shape index (κ3) is 3.79. The van der Waals surface area contributed by atoms with Crippen LogP contribution in [-0.4, -0.2) is 38.7 Å². The number of rotatable bonds is 6. The van der Waals surface area contributed by atoms with Crippen molar-refractivity contribution in [1.82, 2.24) is 19.7 Å². The quantitative estimate of drug-likeness (QED) is 0.434. The summed E-state index contributed by atoms with van der Waals surface area (Å²) in [5.74, 6) is -0.120. The van der Waals surface area contributed by atoms with Crippen LogP contribution in [0, 0.1) is 0 Å². The Morgan fingerprint density at radius 3 is 2.87 bits per heavy atom. The zero-order valence-electron chi connectivity index (χ0n) is 17.7. The maximum Gasteiger partial charge on any atom is 0.274 e. The van der Waals surface area contributed by atoms with Gasteiger partial charge < -0.3 is 5.32 Å². The summed E-state index contributed by atoms with van der Waals surface area (Å²) in [7, 11) is 0. The predicted octanol–water partition coefficient (Wildman–Crippen LogP) is 5.26. The van der Waals surface area contributed by atoms with Crippen molar-refractivity contribution in [2.75, 3.05) is 18.4 Å². The van der Waals surface area contributed by atoms with E-state index in [2.05, 4.69) is 34.4 Å². The van der Waals surface area contributed by atoms with Gasteiger partial charge in [0.2, 0.25) is 0 Å². The molecular formula is C23H25N5OS2. The number of carbonyl (C=O) groups excluding carboxylic acids is 1. The normalized spacial score (nSPS) is 14.1. The van der Waals surface area contributed by atoms with Crippen LogP contribution in [-0.2, 0) is 19.5 Å². The fraction of sp³-hybridized carbons (Fsp3) is 0.348. The fourth-order valence-corrected chi connectivity index (χ4v) is 6.60. The number of hydrogen-bond donors (Lipinski definition) is 1. The number of aryl methyl sites for hydroxylation is 1. The number of amides is 1. The van der Waals surface area contributed by atoms with Crippen LogP contribution < -0.4 is 5.32 Å². The predicted molar refractivity (Wildman–Crippen MR) is 128 cm³/mol. The van der Waals surface area contributed by atoms with E-state index in [-0.39, 0.29) is 5.91 Å². The third-order valence-electron chi connectivity index (χ3n) is 5.66. The van der Waals surface area contributed by atoms with Gasteiger partial charge in [-0.25, -0.2) is 4.98 Å². The van der Waals surface area contributed by atoms with Crippen molar-refractivity contribution in [2.45, 2.75) is 39.8 Å². The number of fused-ring (bicyclic) bond motifs is 2. The summed E-state index contributed by atoms with van der Waals surface area (Å²) in [6.45, 7) is 7.96. The number of thiazole rings is 1. The van der Waals surface area contributed by atoms with Gasteiger partial charge in [0.25, 0.3) is 5.91 Å². The Morgan fingerprint density at radius 1 is 1.19 bits per heavy atom. The lowest BCUT2D eigenvalue weighted by molar-refractivity contribution is 0.101. The van der Waals surface area contributed by atoms with E-state index in [1.165, 1.54) is 15.1 Å². The molecule has 0 bridgehead atoms. The molecule has 0 fully saturated rings. The van der Waals surface area contributed by atoms with E-state index in [4.69, 9.17) is 4.98 Å². The molecule has 1 aliphatic heterocycles. The average Bonchev–Trinajstić information content (AvgIpc) is 3.49. The second kappa shape index (κ2) is 8.53. The van der Waals surface area contributed by atoms with Gasteiger partial charge in [-0.1, -0.05) is 19.1 Å². The number of nitrogens with zero attached hydrogens (tertiary/aromatic N) is 4. The Labute approximate surface area is 189 Å². The minimum absolute atomic E-state index is 0.120. The van der Waals surface area contributed by atoms with Gasteiger partial charge in [-0.15, -0.1) is 22.7 Å². The van der Waals surface area contributed by atoms with Crippen LogP contribution in [0.3, 0.4) is 0 Å². The molecule has 0 saturated heterocycles. The molecular weight excluding hydrogens is 426 g/mol. The summed E-state index contributed by atoms with van der Waals surface area (Å²) < 4.78 is 2.89. The lowest BCUT2D eigenvalue weighted by Gasteiger charge is -2.26. The van der Waals surface area contributed by atoms with Gasteiger partial charge in [0, 0.05) is 36.3 Å². The van der Waals surface area contributed by atoms with E-state index in [1.807, 2.05) is 19.1 Å². The topological polar surface area (TPSA) is 63.1 Å². The third-order valence-corrected chi connectivity index (χ3v) is 7.85. The lowest BCUT2D eigenvalue weighted by Crippen LogP contribution is -2.30. The summed E-state index contributed by atoms with van der Waals surface area (Å²) in [5, 5.41) is 9.33. The average molecular weight is 452 g/mol. The molecule has 160 valence electrons. The van der Waals surface area contributed by atoms with Crippen molar-refractivity contribution in [3.63, 3.8) is 0 Å². The highest BCUT2D eigenvalue weighted by Crippen LogP contribution is 2.45. The van der Waals surface area contributed by atoms with Gasteiger partial charge in [-0.05, 0) is 50.1 Å². The summed E-state index contributed by atoms with van der Waals surface area (Å²) in [6.07, 6.45) is 3.81. The summed E-state index contributed by atoms with van der Waals surface area (Å²) >= 11 is 3.40. The van der Waals surface area contributed by atoms with Gasteiger partial charge in [-0.3, -0.25) is 14.4 Å². The standard InChI is InChI=1S/C23H25N5OS2/c1-3-12-27-13-10-15-19(14-27)31-23(26-21(29)17-9-11-24-28(17)4-2)20(15)22-25-16-7-5-6-8-18(16)30-22/h5-9,11H,3-4,10,12-14H2,1-2H3,(H,26,29). The molecule has 3 aromatic heterocycles. The molecule has 0 radical (unpaired) electrons. The molecule has 1 N–H and O–H groups in total. The number of aromatic nitrogens is 3. The molecule has 8 heteroatoms. The largest absolute Gasteiger partial charge is 0.312 e. The number of anilines is 1. The maximum absolute atomic E-state index is 13.1. The monoisotopic (exact) mass is 451 g/mol. The number of para-hydroxylation sites is 1. The molecule has 0 aliphatic carbocycles. The molecule has 6 nitrogen and oxygen atoms in total. The van der Waals surface area contributed by atoms with Gasteiger partial charge in [0.1, 0.15) is 15.7 Å². The molecule has 1 aromatic carbocycles. The minimum Gasteiger partial charge on any atom is -0.312 e. The van der Waals surface area contributed by atoms with Gasteiger partial charge >= 0.3 is 0 Å². The Balaban J connectivity index is 1.57. The first kappa shape index (κ1) is 20.4. The van der Waals surface area contributed by atoms with E-state index in [0.717, 1.165) is 53.6 Å². The Morgan fingerprint density at radius 2 is 2.06 bits per heavy atom. The Kier molecular flexibility index (Phi) is 5.60. The van der Waals surface area contributed by atoms with Crippen molar-refractivity contribution in [3.05, 3.63) is 52.7 Å². The number of thiophene rings is 1. The first-order valence-electron chi connectivity index (χ1n) is 10.7. The molecule has 4 heterocycles. The van der Waals surface area contributed by atoms with Crippen molar-refractivity contribution in [1.29, 1.82) is 0 Å². The van der Waals surface area contributed by atoms with Crippen LogP contribution in [0.4, 0.5) is 5.00 Å². The number of nitrogens with one attached hydrogen (secondary N) is 1. The molecule has 4 aromatic rings. The minimum atomic E-state index is -0.120. The maximum atomic E-state index is 13.1. The van der Waals surface area contributed by atoms with Gasteiger partial charge in [0.05, 0.1) is 10.2 Å². The number of carbonyl (C=O) groups is 1. The van der Waals surface area contributed by atoms with Crippen LogP contribution in [0.1, 0.15) is 41.2 Å². The van der Waals surface area contributed by atoms with E-state index in [1.54, 1.807) is 39.6 Å². The number of benzene rings is 1. The van der Waals surface area contributed by atoms with E-state index < -0.39 is 0 Å². The number of hydrogen-bond acceptors (Lipinski definition) is 6. The van der Waals surface area contributed by atoms with Crippen LogP contribution in [0.2, 0.25) is 0 Å². The SMILES string of the molecule is CCCN1CCc2c(sc(NC(=O)c3ccnn3CC)c2-c2nc3ccccc3s2)C1. The second-order valence-corrected chi connectivity index (χ2v) is 9.84. The fourth-order valence-electron chi connectivity index (χ4n) is 4.20. The van der Waals surface area contributed by atoms with Crippen molar-refractivity contribution >= 4 is 43.8 Å². The Hall–Kier alpha value is -2.55. The van der Waals surface area contributed by atoms with Crippen LogP contribution in [0.25, 0.3) is 20.8 Å². The molecule has 0 atom stereocenters. The van der Waals surface area contributed by atoms with E-state index in [9.17, 15) is 4.79 Å².